The highest BCUT2D eigenvalue weighted by Crippen LogP contribution is 2.22. The molecule has 3 nitrogen and oxygen atoms in total. The Labute approximate surface area is 112 Å². The second-order valence-electron chi connectivity index (χ2n) is 5.62. The molecule has 0 bridgehead atoms. The third-order valence-corrected chi connectivity index (χ3v) is 3.13. The van der Waals surface area contributed by atoms with Crippen LogP contribution in [0.5, 0.6) is 0 Å². The minimum absolute atomic E-state index is 0.161. The number of hydrogen-bond acceptors (Lipinski definition) is 2. The molecular weight excluding hydrogens is 226 g/mol. The summed E-state index contributed by atoms with van der Waals surface area (Å²) in [5, 5.41) is 9.54. The van der Waals surface area contributed by atoms with Crippen LogP contribution in [0.3, 0.4) is 0 Å². The molecule has 0 aliphatic carbocycles. The van der Waals surface area contributed by atoms with E-state index in [9.17, 15) is 9.90 Å². The summed E-state index contributed by atoms with van der Waals surface area (Å²) in [6, 6.07) is 0. The van der Waals surface area contributed by atoms with Crippen LogP contribution in [0.1, 0.15) is 59.8 Å². The smallest absolute Gasteiger partial charge is 0.223 e. The first-order valence-corrected chi connectivity index (χ1v) is 6.94. The van der Waals surface area contributed by atoms with Crippen LogP contribution in [0, 0.1) is 0 Å². The average molecular weight is 255 g/mol. The number of carbonyl (C=O) groups excluding carboxylic acids is 1. The van der Waals surface area contributed by atoms with Gasteiger partial charge in [0.2, 0.25) is 5.91 Å². The maximum Gasteiger partial charge on any atom is 0.223 e. The fourth-order valence-corrected chi connectivity index (χ4v) is 2.31. The van der Waals surface area contributed by atoms with E-state index in [0.29, 0.717) is 19.4 Å². The topological polar surface area (TPSA) is 40.5 Å². The molecule has 3 heteroatoms. The fourth-order valence-electron chi connectivity index (χ4n) is 2.31. The van der Waals surface area contributed by atoms with Crippen LogP contribution < -0.4 is 0 Å². The van der Waals surface area contributed by atoms with E-state index in [1.807, 2.05) is 18.7 Å². The van der Waals surface area contributed by atoms with Crippen molar-refractivity contribution in [1.29, 1.82) is 0 Å². The molecule has 0 aromatic heterocycles. The Balaban J connectivity index is 4.61. The van der Waals surface area contributed by atoms with Gasteiger partial charge < -0.3 is 10.0 Å². The van der Waals surface area contributed by atoms with Crippen molar-refractivity contribution in [3.05, 3.63) is 12.7 Å². The van der Waals surface area contributed by atoms with Crippen molar-refractivity contribution in [1.82, 2.24) is 4.90 Å². The van der Waals surface area contributed by atoms with Crippen molar-refractivity contribution < 1.29 is 9.90 Å². The van der Waals surface area contributed by atoms with E-state index < -0.39 is 6.10 Å². The largest absolute Gasteiger partial charge is 0.393 e. The number of hydrogen-bond donors (Lipinski definition) is 1. The van der Waals surface area contributed by atoms with Crippen molar-refractivity contribution in [2.75, 3.05) is 6.54 Å². The molecule has 0 aromatic rings. The molecule has 0 saturated carbocycles. The molecule has 0 radical (unpaired) electrons. The summed E-state index contributed by atoms with van der Waals surface area (Å²) in [7, 11) is 0. The first kappa shape index (κ1) is 17.2. The molecule has 0 fully saturated rings. The Morgan fingerprint density at radius 3 is 2.50 bits per heavy atom. The predicted octanol–water partition coefficient (Wildman–Crippen LogP) is 3.13. The second kappa shape index (κ2) is 8.30. The molecule has 0 aliphatic heterocycles. The van der Waals surface area contributed by atoms with E-state index in [1.54, 1.807) is 13.0 Å². The Morgan fingerprint density at radius 2 is 2.06 bits per heavy atom. The van der Waals surface area contributed by atoms with Gasteiger partial charge in [0, 0.05) is 18.5 Å². The lowest BCUT2D eigenvalue weighted by molar-refractivity contribution is -0.136. The summed E-state index contributed by atoms with van der Waals surface area (Å²) in [5.41, 5.74) is -0.328. The standard InChI is InChI=1S/C15H29NO2/c1-6-8-9-10-14(18)16(11-7-2)15(4,5)12-13(3)17/h7,13,17H,2,6,8-12H2,1,3-5H3. The van der Waals surface area contributed by atoms with Crippen molar-refractivity contribution in [2.24, 2.45) is 0 Å². The van der Waals surface area contributed by atoms with Crippen LogP contribution in [0.4, 0.5) is 0 Å². The first-order chi connectivity index (χ1) is 8.35. The van der Waals surface area contributed by atoms with Gasteiger partial charge in [0.25, 0.3) is 0 Å². The SMILES string of the molecule is C=CCN(C(=O)CCCCC)C(C)(C)CC(C)O. The van der Waals surface area contributed by atoms with Crippen LogP contribution in [-0.4, -0.2) is 34.1 Å². The highest BCUT2D eigenvalue weighted by molar-refractivity contribution is 5.77. The van der Waals surface area contributed by atoms with Crippen molar-refractivity contribution >= 4 is 5.91 Å². The molecule has 1 atom stereocenters. The summed E-state index contributed by atoms with van der Waals surface area (Å²) in [6.07, 6.45) is 5.66. The monoisotopic (exact) mass is 255 g/mol. The summed E-state index contributed by atoms with van der Waals surface area (Å²) in [5.74, 6) is 0.161. The van der Waals surface area contributed by atoms with Crippen LogP contribution in [-0.2, 0) is 4.79 Å². The Hall–Kier alpha value is -0.830. The van der Waals surface area contributed by atoms with E-state index in [1.165, 1.54) is 0 Å². The molecule has 0 aliphatic rings. The molecule has 106 valence electrons. The number of aliphatic hydroxyl groups is 1. The van der Waals surface area contributed by atoms with Gasteiger partial charge in [-0.25, -0.2) is 0 Å². The summed E-state index contributed by atoms with van der Waals surface area (Å²) < 4.78 is 0. The van der Waals surface area contributed by atoms with Gasteiger partial charge in [-0.2, -0.15) is 0 Å². The average Bonchev–Trinajstić information content (AvgIpc) is 2.24. The maximum atomic E-state index is 12.2. The zero-order chi connectivity index (χ0) is 14.2. The second-order valence-corrected chi connectivity index (χ2v) is 5.62. The van der Waals surface area contributed by atoms with Crippen molar-refractivity contribution in [2.45, 2.75) is 71.4 Å². The summed E-state index contributed by atoms with van der Waals surface area (Å²) in [4.78, 5) is 14.1. The Kier molecular flexibility index (Phi) is 7.92. The Bertz CT molecular complexity index is 259. The number of amides is 1. The number of nitrogens with zero attached hydrogens (tertiary/aromatic N) is 1. The molecule has 0 aromatic carbocycles. The molecule has 0 heterocycles. The molecule has 1 N–H and O–H groups in total. The molecule has 0 spiro atoms. The van der Waals surface area contributed by atoms with E-state index in [0.717, 1.165) is 19.3 Å². The maximum absolute atomic E-state index is 12.2. The highest BCUT2D eigenvalue weighted by atomic mass is 16.3. The first-order valence-electron chi connectivity index (χ1n) is 6.94. The minimum atomic E-state index is -0.407. The summed E-state index contributed by atoms with van der Waals surface area (Å²) >= 11 is 0. The van der Waals surface area contributed by atoms with Gasteiger partial charge in [0.05, 0.1) is 6.10 Å². The number of unbranched alkanes of at least 4 members (excludes halogenated alkanes) is 2. The number of aliphatic hydroxyl groups excluding tert-OH is 1. The van der Waals surface area contributed by atoms with E-state index in [4.69, 9.17) is 0 Å². The van der Waals surface area contributed by atoms with E-state index in [-0.39, 0.29) is 11.4 Å². The van der Waals surface area contributed by atoms with Gasteiger partial charge in [-0.05, 0) is 33.6 Å². The van der Waals surface area contributed by atoms with Gasteiger partial charge in [0.1, 0.15) is 0 Å². The normalized spacial score (nSPS) is 13.2. The number of rotatable bonds is 9. The molecular formula is C15H29NO2. The van der Waals surface area contributed by atoms with Crippen molar-refractivity contribution in [3.63, 3.8) is 0 Å². The zero-order valence-corrected chi connectivity index (χ0v) is 12.4. The quantitative estimate of drug-likeness (QED) is 0.508. The Morgan fingerprint density at radius 1 is 1.44 bits per heavy atom. The molecule has 18 heavy (non-hydrogen) atoms. The number of carbonyl (C=O) groups is 1. The zero-order valence-electron chi connectivity index (χ0n) is 12.4. The molecule has 0 saturated heterocycles. The highest BCUT2D eigenvalue weighted by Gasteiger charge is 2.30. The minimum Gasteiger partial charge on any atom is -0.393 e. The van der Waals surface area contributed by atoms with Crippen molar-refractivity contribution in [3.8, 4) is 0 Å². The molecule has 0 rings (SSSR count). The molecule has 1 unspecified atom stereocenters. The van der Waals surface area contributed by atoms with Gasteiger partial charge in [-0.1, -0.05) is 25.8 Å². The van der Waals surface area contributed by atoms with Gasteiger partial charge >= 0.3 is 0 Å². The lowest BCUT2D eigenvalue weighted by Crippen LogP contribution is -2.49. The predicted molar refractivity (Wildman–Crippen MR) is 76.4 cm³/mol. The third-order valence-electron chi connectivity index (χ3n) is 3.13. The fraction of sp³-hybridized carbons (Fsp3) is 0.800. The van der Waals surface area contributed by atoms with E-state index >= 15 is 0 Å². The van der Waals surface area contributed by atoms with Crippen LogP contribution in [0.15, 0.2) is 12.7 Å². The van der Waals surface area contributed by atoms with Gasteiger partial charge in [-0.3, -0.25) is 4.79 Å². The van der Waals surface area contributed by atoms with Crippen LogP contribution >= 0.6 is 0 Å². The van der Waals surface area contributed by atoms with E-state index in [2.05, 4.69) is 13.5 Å². The van der Waals surface area contributed by atoms with Gasteiger partial charge in [-0.15, -0.1) is 6.58 Å². The van der Waals surface area contributed by atoms with Crippen LogP contribution in [0.25, 0.3) is 0 Å². The lowest BCUT2D eigenvalue weighted by Gasteiger charge is -2.39. The lowest BCUT2D eigenvalue weighted by atomic mass is 9.94. The van der Waals surface area contributed by atoms with Gasteiger partial charge in [0.15, 0.2) is 0 Å². The third kappa shape index (κ3) is 6.20. The summed E-state index contributed by atoms with van der Waals surface area (Å²) in [6.45, 7) is 12.2. The van der Waals surface area contributed by atoms with Crippen LogP contribution in [0.2, 0.25) is 0 Å². The molecule has 1 amide bonds.